The summed E-state index contributed by atoms with van der Waals surface area (Å²) in [5.74, 6) is -0.106. The van der Waals surface area contributed by atoms with E-state index >= 15 is 0 Å². The number of fused-ring (bicyclic) bond motifs is 1. The smallest absolute Gasteiger partial charge is 0.265 e. The summed E-state index contributed by atoms with van der Waals surface area (Å²) >= 11 is 1.43. The van der Waals surface area contributed by atoms with Gasteiger partial charge >= 0.3 is 0 Å². The zero-order chi connectivity index (χ0) is 22.0. The number of thiophene rings is 1. The Balaban J connectivity index is 1.42. The molecular formula is C24H24N4O2S. The first-order valence-corrected chi connectivity index (χ1v) is 11.0. The van der Waals surface area contributed by atoms with Gasteiger partial charge in [0.2, 0.25) is 5.91 Å². The van der Waals surface area contributed by atoms with Crippen LogP contribution in [0.2, 0.25) is 0 Å². The highest BCUT2D eigenvalue weighted by atomic mass is 32.1. The van der Waals surface area contributed by atoms with Gasteiger partial charge in [0, 0.05) is 30.4 Å². The molecule has 2 amide bonds. The third-order valence-electron chi connectivity index (χ3n) is 5.17. The van der Waals surface area contributed by atoms with Crippen LogP contribution in [0.4, 0.5) is 11.4 Å². The Morgan fingerprint density at radius 2 is 1.81 bits per heavy atom. The lowest BCUT2D eigenvalue weighted by atomic mass is 10.1. The lowest BCUT2D eigenvalue weighted by Gasteiger charge is -2.21. The molecule has 0 aliphatic rings. The van der Waals surface area contributed by atoms with E-state index in [1.54, 1.807) is 9.58 Å². The monoisotopic (exact) mass is 432 g/mol. The van der Waals surface area contributed by atoms with Crippen molar-refractivity contribution in [3.05, 3.63) is 76.8 Å². The summed E-state index contributed by atoms with van der Waals surface area (Å²) in [4.78, 5) is 28.8. The van der Waals surface area contributed by atoms with Crippen LogP contribution in [0.15, 0.2) is 60.7 Å². The van der Waals surface area contributed by atoms with Gasteiger partial charge in [0.1, 0.15) is 4.83 Å². The Morgan fingerprint density at radius 1 is 1.10 bits per heavy atom. The van der Waals surface area contributed by atoms with Crippen LogP contribution in [0, 0.1) is 6.92 Å². The number of rotatable bonds is 6. The second kappa shape index (κ2) is 8.73. The van der Waals surface area contributed by atoms with Gasteiger partial charge in [-0.3, -0.25) is 14.3 Å². The molecule has 0 saturated carbocycles. The summed E-state index contributed by atoms with van der Waals surface area (Å²) in [5, 5.41) is 8.31. The molecule has 0 radical (unpaired) electrons. The molecule has 158 valence electrons. The Morgan fingerprint density at radius 3 is 2.45 bits per heavy atom. The number of carbonyl (C=O) groups excluding carboxylic acids is 2. The molecular weight excluding hydrogens is 408 g/mol. The molecule has 6 nitrogen and oxygen atoms in total. The van der Waals surface area contributed by atoms with Crippen molar-refractivity contribution in [2.45, 2.75) is 20.3 Å². The summed E-state index contributed by atoms with van der Waals surface area (Å²) in [7, 11) is 1.88. The number of anilines is 2. The molecule has 1 N–H and O–H groups in total. The van der Waals surface area contributed by atoms with E-state index in [4.69, 9.17) is 0 Å². The van der Waals surface area contributed by atoms with Crippen LogP contribution in [0.25, 0.3) is 10.2 Å². The second-order valence-corrected chi connectivity index (χ2v) is 8.37. The number of aryl methyl sites for hydroxylation is 2. The highest BCUT2D eigenvalue weighted by molar-refractivity contribution is 7.20. The Hall–Kier alpha value is -3.45. The molecule has 7 heteroatoms. The molecule has 31 heavy (non-hydrogen) atoms. The summed E-state index contributed by atoms with van der Waals surface area (Å²) < 4.78 is 1.80. The number of hydrogen-bond donors (Lipinski definition) is 1. The summed E-state index contributed by atoms with van der Waals surface area (Å²) in [6.07, 6.45) is 0.305. The molecule has 0 spiro atoms. The van der Waals surface area contributed by atoms with Gasteiger partial charge in [0.25, 0.3) is 5.91 Å². The van der Waals surface area contributed by atoms with Crippen molar-refractivity contribution < 1.29 is 9.59 Å². The number of nitrogens with zero attached hydrogens (tertiary/aromatic N) is 3. The maximum atomic E-state index is 12.8. The summed E-state index contributed by atoms with van der Waals surface area (Å²) in [5.41, 5.74) is 3.41. The minimum Gasteiger partial charge on any atom is -0.321 e. The SMILES string of the molecule is CCN(C(=O)Cc1ccc(NC(=O)c2cc3c(C)nn(C)c3s2)cc1)c1ccccc1. The largest absolute Gasteiger partial charge is 0.321 e. The first-order valence-electron chi connectivity index (χ1n) is 10.1. The minimum atomic E-state index is -0.148. The zero-order valence-corrected chi connectivity index (χ0v) is 18.6. The van der Waals surface area contributed by atoms with Gasteiger partial charge in [-0.05, 0) is 49.7 Å². The predicted molar refractivity (Wildman–Crippen MR) is 126 cm³/mol. The van der Waals surface area contributed by atoms with E-state index in [9.17, 15) is 9.59 Å². The molecule has 0 unspecified atom stereocenters. The molecule has 0 aliphatic heterocycles. The molecule has 0 aliphatic carbocycles. The maximum absolute atomic E-state index is 12.8. The van der Waals surface area contributed by atoms with E-state index in [1.165, 1.54) is 11.3 Å². The van der Waals surface area contributed by atoms with Gasteiger partial charge in [0.05, 0.1) is 17.0 Å². The van der Waals surface area contributed by atoms with Gasteiger partial charge in [-0.15, -0.1) is 11.3 Å². The van der Waals surface area contributed by atoms with E-state index in [-0.39, 0.29) is 11.8 Å². The Labute approximate surface area is 185 Å². The summed E-state index contributed by atoms with van der Waals surface area (Å²) in [6, 6.07) is 19.0. The first-order chi connectivity index (χ1) is 15.0. The molecule has 2 aromatic carbocycles. The van der Waals surface area contributed by atoms with Gasteiger partial charge in [-0.2, -0.15) is 5.10 Å². The molecule has 0 saturated heterocycles. The molecule has 2 aromatic heterocycles. The molecule has 0 fully saturated rings. The Bertz CT molecular complexity index is 1190. The van der Waals surface area contributed by atoms with Gasteiger partial charge in [0.15, 0.2) is 0 Å². The van der Waals surface area contributed by atoms with Crippen molar-refractivity contribution in [3.8, 4) is 0 Å². The average molecular weight is 433 g/mol. The number of carbonyl (C=O) groups is 2. The van der Waals surface area contributed by atoms with Crippen molar-refractivity contribution in [2.75, 3.05) is 16.8 Å². The van der Waals surface area contributed by atoms with Crippen LogP contribution in [0.3, 0.4) is 0 Å². The number of amides is 2. The number of likely N-dealkylation sites (N-methyl/N-ethyl adjacent to an activating group) is 1. The molecule has 0 bridgehead atoms. The highest BCUT2D eigenvalue weighted by Crippen LogP contribution is 2.28. The fraction of sp³-hybridized carbons (Fsp3) is 0.208. The zero-order valence-electron chi connectivity index (χ0n) is 17.8. The first kappa shape index (κ1) is 20.8. The minimum absolute atomic E-state index is 0.0414. The van der Waals surface area contributed by atoms with Crippen LogP contribution >= 0.6 is 11.3 Å². The fourth-order valence-corrected chi connectivity index (χ4v) is 4.62. The van der Waals surface area contributed by atoms with E-state index in [0.717, 1.165) is 27.2 Å². The number of hydrogen-bond acceptors (Lipinski definition) is 4. The third kappa shape index (κ3) is 4.36. The second-order valence-electron chi connectivity index (χ2n) is 7.34. The molecule has 4 rings (SSSR count). The van der Waals surface area contributed by atoms with Crippen molar-refractivity contribution in [3.63, 3.8) is 0 Å². The normalized spacial score (nSPS) is 10.9. The van der Waals surface area contributed by atoms with Crippen molar-refractivity contribution in [1.29, 1.82) is 0 Å². The lowest BCUT2D eigenvalue weighted by Crippen LogP contribution is -2.31. The standard InChI is InChI=1S/C24H24N4O2S/c1-4-28(19-8-6-5-7-9-19)22(29)14-17-10-12-18(13-11-17)25-23(30)21-15-20-16(2)26-27(3)24(20)31-21/h5-13,15H,4,14H2,1-3H3,(H,25,30). The summed E-state index contributed by atoms with van der Waals surface area (Å²) in [6.45, 7) is 4.52. The van der Waals surface area contributed by atoms with Gasteiger partial charge in [-0.1, -0.05) is 30.3 Å². The highest BCUT2D eigenvalue weighted by Gasteiger charge is 2.16. The van der Waals surface area contributed by atoms with E-state index in [0.29, 0.717) is 23.5 Å². The van der Waals surface area contributed by atoms with E-state index in [1.807, 2.05) is 81.6 Å². The molecule has 4 aromatic rings. The molecule has 0 atom stereocenters. The third-order valence-corrected chi connectivity index (χ3v) is 6.37. The van der Waals surface area contributed by atoms with E-state index in [2.05, 4.69) is 10.4 Å². The van der Waals surface area contributed by atoms with Crippen LogP contribution < -0.4 is 10.2 Å². The quantitative estimate of drug-likeness (QED) is 0.476. The van der Waals surface area contributed by atoms with Crippen LogP contribution in [-0.4, -0.2) is 28.1 Å². The van der Waals surface area contributed by atoms with Crippen LogP contribution in [0.1, 0.15) is 27.9 Å². The van der Waals surface area contributed by atoms with Gasteiger partial charge < -0.3 is 10.2 Å². The average Bonchev–Trinajstić information content (AvgIpc) is 3.32. The van der Waals surface area contributed by atoms with Gasteiger partial charge in [-0.25, -0.2) is 0 Å². The molecule has 2 heterocycles. The number of para-hydroxylation sites is 1. The maximum Gasteiger partial charge on any atom is 0.265 e. The van der Waals surface area contributed by atoms with E-state index < -0.39 is 0 Å². The number of aromatic nitrogens is 2. The lowest BCUT2D eigenvalue weighted by molar-refractivity contribution is -0.117. The van der Waals surface area contributed by atoms with Crippen molar-refractivity contribution in [2.24, 2.45) is 7.05 Å². The van der Waals surface area contributed by atoms with Crippen molar-refractivity contribution >= 4 is 44.7 Å². The Kier molecular flexibility index (Phi) is 5.86. The van der Waals surface area contributed by atoms with Crippen LogP contribution in [0.5, 0.6) is 0 Å². The topological polar surface area (TPSA) is 67.2 Å². The predicted octanol–water partition coefficient (Wildman–Crippen LogP) is 4.79. The van der Waals surface area contributed by atoms with Crippen molar-refractivity contribution in [1.82, 2.24) is 9.78 Å². The van der Waals surface area contributed by atoms with Crippen LogP contribution in [-0.2, 0) is 18.3 Å². The number of benzene rings is 2. The fourth-order valence-electron chi connectivity index (χ4n) is 3.60. The number of nitrogens with one attached hydrogen (secondary N) is 1.